The van der Waals surface area contributed by atoms with Gasteiger partial charge in [0.25, 0.3) is 0 Å². The summed E-state index contributed by atoms with van der Waals surface area (Å²) in [6.45, 7) is 6.82. The Morgan fingerprint density at radius 3 is 2.76 bits per heavy atom. The second kappa shape index (κ2) is 7.47. The molecule has 1 atom stereocenters. The Morgan fingerprint density at radius 2 is 2.12 bits per heavy atom. The number of piperazine rings is 1. The summed E-state index contributed by atoms with van der Waals surface area (Å²) in [5, 5.41) is 3.16. The van der Waals surface area contributed by atoms with Crippen molar-refractivity contribution in [2.45, 2.75) is 38.6 Å². The first-order valence-corrected chi connectivity index (χ1v) is 7.92. The van der Waals surface area contributed by atoms with E-state index in [9.17, 15) is 18.0 Å². The van der Waals surface area contributed by atoms with Crippen LogP contribution >= 0.6 is 0 Å². The van der Waals surface area contributed by atoms with Gasteiger partial charge in [0.15, 0.2) is 0 Å². The van der Waals surface area contributed by atoms with Crippen LogP contribution in [-0.2, 0) is 10.9 Å². The minimum atomic E-state index is -4.45. The molecule has 1 aliphatic heterocycles. The van der Waals surface area contributed by atoms with Crippen molar-refractivity contribution in [3.05, 3.63) is 23.9 Å². The number of rotatable bonds is 3. The molecule has 1 N–H and O–H groups in total. The topological polar surface area (TPSA) is 63.7 Å². The summed E-state index contributed by atoms with van der Waals surface area (Å²) in [5.41, 5.74) is -1.40. The number of nitrogens with zero attached hydrogens (tertiary/aromatic N) is 2. The zero-order valence-corrected chi connectivity index (χ0v) is 14.4. The average Bonchev–Trinajstić information content (AvgIpc) is 2.51. The quantitative estimate of drug-likeness (QED) is 0.897. The van der Waals surface area contributed by atoms with Crippen LogP contribution < -0.4 is 10.1 Å². The lowest BCUT2D eigenvalue weighted by molar-refractivity contribution is -0.137. The summed E-state index contributed by atoms with van der Waals surface area (Å²) < 4.78 is 48.7. The Balaban J connectivity index is 1.90. The number of carbonyl (C=O) groups is 1. The molecule has 1 amide bonds. The predicted octanol–water partition coefficient (Wildman–Crippen LogP) is 2.69. The molecule has 9 heteroatoms. The SMILES string of the molecule is CC(C)(C)OC(=O)N1CCN[C@H](COc2cc(C(F)(F)F)ccn2)C1. The van der Waals surface area contributed by atoms with Crippen molar-refractivity contribution in [3.8, 4) is 5.88 Å². The highest BCUT2D eigenvalue weighted by Crippen LogP contribution is 2.30. The fraction of sp³-hybridized carbons (Fsp3) is 0.625. The number of carbonyl (C=O) groups excluding carboxylic acids is 1. The van der Waals surface area contributed by atoms with Crippen LogP contribution in [0.1, 0.15) is 26.3 Å². The van der Waals surface area contributed by atoms with Crippen LogP contribution in [0.3, 0.4) is 0 Å². The summed E-state index contributed by atoms with van der Waals surface area (Å²) >= 11 is 0. The van der Waals surface area contributed by atoms with Crippen LogP contribution in [0, 0.1) is 0 Å². The lowest BCUT2D eigenvalue weighted by Gasteiger charge is -2.34. The van der Waals surface area contributed by atoms with Gasteiger partial charge in [-0.2, -0.15) is 13.2 Å². The first-order chi connectivity index (χ1) is 11.5. The van der Waals surface area contributed by atoms with Crippen LogP contribution in [-0.4, -0.2) is 53.9 Å². The number of hydrogen-bond donors (Lipinski definition) is 1. The lowest BCUT2D eigenvalue weighted by atomic mass is 10.2. The molecule has 2 heterocycles. The molecule has 0 spiro atoms. The van der Waals surface area contributed by atoms with Gasteiger partial charge in [-0.05, 0) is 26.8 Å². The van der Waals surface area contributed by atoms with Crippen LogP contribution in [0.25, 0.3) is 0 Å². The molecular formula is C16H22F3N3O3. The molecular weight excluding hydrogens is 339 g/mol. The van der Waals surface area contributed by atoms with E-state index in [0.717, 1.165) is 18.3 Å². The summed E-state index contributed by atoms with van der Waals surface area (Å²) in [5.74, 6) is -0.106. The predicted molar refractivity (Wildman–Crippen MR) is 84.3 cm³/mol. The van der Waals surface area contributed by atoms with Crippen molar-refractivity contribution in [2.75, 3.05) is 26.2 Å². The second-order valence-electron chi connectivity index (χ2n) is 6.77. The number of ether oxygens (including phenoxy) is 2. The first kappa shape index (κ1) is 19.3. The molecule has 0 radical (unpaired) electrons. The zero-order valence-electron chi connectivity index (χ0n) is 14.4. The minimum absolute atomic E-state index is 0.0909. The Labute approximate surface area is 144 Å². The number of halogens is 3. The Kier molecular flexibility index (Phi) is 5.76. The van der Waals surface area contributed by atoms with E-state index >= 15 is 0 Å². The summed E-state index contributed by atoms with van der Waals surface area (Å²) in [6.07, 6.45) is -3.81. The maximum Gasteiger partial charge on any atom is 0.416 e. The molecule has 1 aliphatic rings. The third-order valence-corrected chi connectivity index (χ3v) is 3.40. The highest BCUT2D eigenvalue weighted by molar-refractivity contribution is 5.68. The van der Waals surface area contributed by atoms with Gasteiger partial charge in [0.05, 0.1) is 11.6 Å². The van der Waals surface area contributed by atoms with Gasteiger partial charge < -0.3 is 19.7 Å². The smallest absolute Gasteiger partial charge is 0.416 e. The van der Waals surface area contributed by atoms with Crippen molar-refractivity contribution in [3.63, 3.8) is 0 Å². The van der Waals surface area contributed by atoms with Crippen LogP contribution in [0.15, 0.2) is 18.3 Å². The van der Waals surface area contributed by atoms with E-state index in [0.29, 0.717) is 19.6 Å². The van der Waals surface area contributed by atoms with E-state index in [-0.39, 0.29) is 18.5 Å². The minimum Gasteiger partial charge on any atom is -0.476 e. The van der Waals surface area contributed by atoms with Gasteiger partial charge >= 0.3 is 12.3 Å². The second-order valence-corrected chi connectivity index (χ2v) is 6.77. The fourth-order valence-corrected chi connectivity index (χ4v) is 2.28. The molecule has 0 unspecified atom stereocenters. The van der Waals surface area contributed by atoms with E-state index in [2.05, 4.69) is 10.3 Å². The third kappa shape index (κ3) is 6.08. The summed E-state index contributed by atoms with van der Waals surface area (Å²) in [7, 11) is 0. The molecule has 0 saturated carbocycles. The third-order valence-electron chi connectivity index (χ3n) is 3.40. The molecule has 1 aromatic rings. The molecule has 2 rings (SSSR count). The van der Waals surface area contributed by atoms with Gasteiger partial charge in [-0.15, -0.1) is 0 Å². The lowest BCUT2D eigenvalue weighted by Crippen LogP contribution is -2.55. The highest BCUT2D eigenvalue weighted by atomic mass is 19.4. The monoisotopic (exact) mass is 361 g/mol. The van der Waals surface area contributed by atoms with Crippen molar-refractivity contribution in [1.82, 2.24) is 15.2 Å². The van der Waals surface area contributed by atoms with E-state index in [1.165, 1.54) is 0 Å². The Bertz CT molecular complexity index is 602. The molecule has 0 aliphatic carbocycles. The average molecular weight is 361 g/mol. The Morgan fingerprint density at radius 1 is 1.40 bits per heavy atom. The van der Waals surface area contributed by atoms with Crippen LogP contribution in [0.5, 0.6) is 5.88 Å². The number of alkyl halides is 3. The number of nitrogens with one attached hydrogen (secondary N) is 1. The normalized spacial score (nSPS) is 18.8. The van der Waals surface area contributed by atoms with Crippen LogP contribution in [0.2, 0.25) is 0 Å². The van der Waals surface area contributed by atoms with Gasteiger partial charge in [-0.1, -0.05) is 0 Å². The van der Waals surface area contributed by atoms with Gasteiger partial charge in [-0.25, -0.2) is 9.78 Å². The summed E-state index contributed by atoms with van der Waals surface area (Å²) in [6, 6.07) is 1.52. The first-order valence-electron chi connectivity index (χ1n) is 7.92. The van der Waals surface area contributed by atoms with Gasteiger partial charge in [0, 0.05) is 31.9 Å². The number of amides is 1. The molecule has 0 bridgehead atoms. The maximum atomic E-state index is 12.7. The van der Waals surface area contributed by atoms with Gasteiger partial charge in [0.2, 0.25) is 5.88 Å². The van der Waals surface area contributed by atoms with Crippen molar-refractivity contribution >= 4 is 6.09 Å². The van der Waals surface area contributed by atoms with Crippen molar-refractivity contribution < 1.29 is 27.4 Å². The molecule has 1 aromatic heterocycles. The van der Waals surface area contributed by atoms with Crippen LogP contribution in [0.4, 0.5) is 18.0 Å². The van der Waals surface area contributed by atoms with E-state index in [1.807, 2.05) is 0 Å². The molecule has 25 heavy (non-hydrogen) atoms. The number of pyridine rings is 1. The standard InChI is InChI=1S/C16H22F3N3O3/c1-15(2,3)25-14(23)22-7-6-20-12(9-22)10-24-13-8-11(4-5-21-13)16(17,18)19/h4-5,8,12,20H,6-7,9-10H2,1-3H3/t12-/m0/s1. The Hall–Kier alpha value is -2.03. The van der Waals surface area contributed by atoms with Gasteiger partial charge in [-0.3, -0.25) is 0 Å². The highest BCUT2D eigenvalue weighted by Gasteiger charge is 2.31. The van der Waals surface area contributed by atoms with E-state index in [1.54, 1.807) is 25.7 Å². The largest absolute Gasteiger partial charge is 0.476 e. The van der Waals surface area contributed by atoms with Crippen molar-refractivity contribution in [2.24, 2.45) is 0 Å². The van der Waals surface area contributed by atoms with Crippen molar-refractivity contribution in [1.29, 1.82) is 0 Å². The molecule has 1 saturated heterocycles. The molecule has 6 nitrogen and oxygen atoms in total. The van der Waals surface area contributed by atoms with E-state index in [4.69, 9.17) is 9.47 Å². The fourth-order valence-electron chi connectivity index (χ4n) is 2.28. The van der Waals surface area contributed by atoms with Gasteiger partial charge in [0.1, 0.15) is 12.2 Å². The zero-order chi connectivity index (χ0) is 18.7. The maximum absolute atomic E-state index is 12.7. The molecule has 1 fully saturated rings. The number of hydrogen-bond acceptors (Lipinski definition) is 5. The molecule has 0 aromatic carbocycles. The van der Waals surface area contributed by atoms with E-state index < -0.39 is 23.4 Å². The molecule has 140 valence electrons. The summed E-state index contributed by atoms with van der Waals surface area (Å²) in [4.78, 5) is 17.4. The number of aromatic nitrogens is 1.